The maximum absolute atomic E-state index is 12.3. The average Bonchev–Trinajstić information content (AvgIpc) is 2.59. The largest absolute Gasteiger partial charge is 0.330 e. The molecule has 0 aliphatic carbocycles. The number of nitro groups is 1. The van der Waals surface area contributed by atoms with Crippen molar-refractivity contribution < 1.29 is 18.1 Å². The Morgan fingerprint density at radius 1 is 1.45 bits per heavy atom. The maximum atomic E-state index is 12.3. The number of hydrogen-bond acceptors (Lipinski definition) is 6. The summed E-state index contributed by atoms with van der Waals surface area (Å²) in [6.45, 7) is 1.91. The number of hydrogen-bond donors (Lipinski definition) is 1. The van der Waals surface area contributed by atoms with Gasteiger partial charge in [0.25, 0.3) is 21.6 Å². The number of sulfonamides is 1. The van der Waals surface area contributed by atoms with E-state index in [0.717, 1.165) is 16.4 Å². The minimum Gasteiger partial charge on any atom is -0.330 e. The lowest BCUT2D eigenvalue weighted by Crippen LogP contribution is -2.36. The third kappa shape index (κ3) is 2.14. The fraction of sp³-hybridized carbons (Fsp3) is 0.364. The van der Waals surface area contributed by atoms with Gasteiger partial charge in [0.15, 0.2) is 0 Å². The van der Waals surface area contributed by atoms with Crippen LogP contribution in [0.5, 0.6) is 0 Å². The summed E-state index contributed by atoms with van der Waals surface area (Å²) in [6.07, 6.45) is 0. The van der Waals surface area contributed by atoms with Crippen LogP contribution in [0.15, 0.2) is 23.1 Å². The van der Waals surface area contributed by atoms with Crippen molar-refractivity contribution in [2.75, 3.05) is 13.1 Å². The van der Waals surface area contributed by atoms with Crippen molar-refractivity contribution in [2.24, 2.45) is 11.7 Å². The van der Waals surface area contributed by atoms with Gasteiger partial charge in [0.1, 0.15) is 4.90 Å². The topological polar surface area (TPSA) is 124 Å². The lowest BCUT2D eigenvalue weighted by molar-refractivity contribution is -0.385. The number of nitrogens with zero attached hydrogens (tertiary/aromatic N) is 2. The number of amides is 1. The van der Waals surface area contributed by atoms with Gasteiger partial charge in [-0.05, 0) is 18.5 Å². The molecule has 20 heavy (non-hydrogen) atoms. The monoisotopic (exact) mass is 299 g/mol. The second-order valence-electron chi connectivity index (χ2n) is 4.62. The molecule has 9 heteroatoms. The number of fused-ring (bicyclic) bond motifs is 1. The molecule has 0 saturated carbocycles. The van der Waals surface area contributed by atoms with Gasteiger partial charge in [0.2, 0.25) is 0 Å². The molecule has 1 unspecified atom stereocenters. The summed E-state index contributed by atoms with van der Waals surface area (Å²) >= 11 is 0. The number of carbonyl (C=O) groups excluding carboxylic acids is 1. The van der Waals surface area contributed by atoms with Gasteiger partial charge in [-0.1, -0.05) is 6.92 Å². The van der Waals surface area contributed by atoms with E-state index in [2.05, 4.69) is 0 Å². The first kappa shape index (κ1) is 14.4. The zero-order valence-corrected chi connectivity index (χ0v) is 11.5. The first-order valence-electron chi connectivity index (χ1n) is 5.84. The van der Waals surface area contributed by atoms with E-state index in [0.29, 0.717) is 0 Å². The Labute approximate surface area is 115 Å². The normalized spacial score (nSPS) is 17.9. The molecule has 0 radical (unpaired) electrons. The van der Waals surface area contributed by atoms with Crippen LogP contribution in [-0.4, -0.2) is 36.6 Å². The molecule has 108 valence electrons. The average molecular weight is 299 g/mol. The summed E-state index contributed by atoms with van der Waals surface area (Å²) in [5, 5.41) is 10.7. The molecule has 0 bridgehead atoms. The molecule has 0 aromatic heterocycles. The molecule has 2 N–H and O–H groups in total. The Morgan fingerprint density at radius 2 is 2.10 bits per heavy atom. The van der Waals surface area contributed by atoms with Crippen LogP contribution >= 0.6 is 0 Å². The summed E-state index contributed by atoms with van der Waals surface area (Å²) in [7, 11) is -4.03. The molecule has 1 aliphatic heterocycles. The SMILES string of the molecule is CC(CN)CN1C(=O)c2ccc([N+](=O)[O-])cc2S1(=O)=O. The highest BCUT2D eigenvalue weighted by molar-refractivity contribution is 7.90. The van der Waals surface area contributed by atoms with Gasteiger partial charge < -0.3 is 5.73 Å². The van der Waals surface area contributed by atoms with Gasteiger partial charge >= 0.3 is 0 Å². The van der Waals surface area contributed by atoms with Crippen molar-refractivity contribution in [3.8, 4) is 0 Å². The molecule has 0 spiro atoms. The number of carbonyl (C=O) groups is 1. The van der Waals surface area contributed by atoms with E-state index in [4.69, 9.17) is 5.73 Å². The van der Waals surface area contributed by atoms with Crippen molar-refractivity contribution in [3.63, 3.8) is 0 Å². The number of rotatable bonds is 4. The quantitative estimate of drug-likeness (QED) is 0.631. The van der Waals surface area contributed by atoms with Crippen LogP contribution in [-0.2, 0) is 10.0 Å². The highest BCUT2D eigenvalue weighted by Crippen LogP contribution is 2.33. The first-order valence-corrected chi connectivity index (χ1v) is 7.28. The van der Waals surface area contributed by atoms with Crippen molar-refractivity contribution in [1.82, 2.24) is 4.31 Å². The van der Waals surface area contributed by atoms with E-state index < -0.39 is 20.9 Å². The molecule has 8 nitrogen and oxygen atoms in total. The molecule has 1 aromatic rings. The number of benzene rings is 1. The molecule has 0 fully saturated rings. The van der Waals surface area contributed by atoms with E-state index in [1.165, 1.54) is 6.07 Å². The molecule has 0 saturated heterocycles. The van der Waals surface area contributed by atoms with E-state index in [1.54, 1.807) is 6.92 Å². The lowest BCUT2D eigenvalue weighted by atomic mass is 10.1. The van der Waals surface area contributed by atoms with Crippen molar-refractivity contribution in [1.29, 1.82) is 0 Å². The number of non-ortho nitro benzene ring substituents is 1. The Kier molecular flexibility index (Phi) is 3.48. The van der Waals surface area contributed by atoms with Crippen LogP contribution in [0.1, 0.15) is 17.3 Å². The summed E-state index contributed by atoms with van der Waals surface area (Å²) < 4.78 is 25.2. The third-order valence-electron chi connectivity index (χ3n) is 3.08. The molecule has 1 heterocycles. The van der Waals surface area contributed by atoms with Crippen molar-refractivity contribution in [3.05, 3.63) is 33.9 Å². The fourth-order valence-electron chi connectivity index (χ4n) is 1.92. The van der Waals surface area contributed by atoms with Gasteiger partial charge in [-0.3, -0.25) is 14.9 Å². The Morgan fingerprint density at radius 3 is 2.65 bits per heavy atom. The Bertz CT molecular complexity index is 685. The molecular weight excluding hydrogens is 286 g/mol. The predicted molar refractivity (Wildman–Crippen MR) is 69.5 cm³/mol. The van der Waals surface area contributed by atoms with Gasteiger partial charge in [-0.2, -0.15) is 0 Å². The van der Waals surface area contributed by atoms with E-state index in [-0.39, 0.29) is 35.2 Å². The zero-order chi connectivity index (χ0) is 15.1. The minimum atomic E-state index is -4.03. The van der Waals surface area contributed by atoms with Crippen LogP contribution < -0.4 is 5.73 Å². The van der Waals surface area contributed by atoms with Crippen LogP contribution in [0, 0.1) is 16.0 Å². The first-order chi connectivity index (χ1) is 9.28. The van der Waals surface area contributed by atoms with Gasteiger partial charge in [0.05, 0.1) is 10.5 Å². The molecule has 2 rings (SSSR count). The van der Waals surface area contributed by atoms with Crippen molar-refractivity contribution >= 4 is 21.6 Å². The van der Waals surface area contributed by atoms with Crippen LogP contribution in [0.2, 0.25) is 0 Å². The second kappa shape index (κ2) is 4.84. The van der Waals surface area contributed by atoms with Gasteiger partial charge in [0, 0.05) is 18.7 Å². The van der Waals surface area contributed by atoms with Gasteiger partial charge in [-0.25, -0.2) is 12.7 Å². The van der Waals surface area contributed by atoms with E-state index >= 15 is 0 Å². The van der Waals surface area contributed by atoms with Crippen LogP contribution in [0.25, 0.3) is 0 Å². The number of nitrogens with two attached hydrogens (primary N) is 1. The molecule has 1 aromatic carbocycles. The van der Waals surface area contributed by atoms with Crippen LogP contribution in [0.3, 0.4) is 0 Å². The minimum absolute atomic E-state index is 0.0415. The third-order valence-corrected chi connectivity index (χ3v) is 4.87. The van der Waals surface area contributed by atoms with Gasteiger partial charge in [-0.15, -0.1) is 0 Å². The summed E-state index contributed by atoms with van der Waals surface area (Å²) in [6, 6.07) is 3.19. The highest BCUT2D eigenvalue weighted by atomic mass is 32.2. The molecule has 1 amide bonds. The summed E-state index contributed by atoms with van der Waals surface area (Å²) in [5.41, 5.74) is 5.02. The van der Waals surface area contributed by atoms with Crippen LogP contribution in [0.4, 0.5) is 5.69 Å². The van der Waals surface area contributed by atoms with E-state index in [9.17, 15) is 23.3 Å². The lowest BCUT2D eigenvalue weighted by Gasteiger charge is -2.18. The highest BCUT2D eigenvalue weighted by Gasteiger charge is 2.42. The van der Waals surface area contributed by atoms with Crippen molar-refractivity contribution in [2.45, 2.75) is 11.8 Å². The van der Waals surface area contributed by atoms with E-state index in [1.807, 2.05) is 0 Å². The molecular formula is C11H13N3O5S. The second-order valence-corrected chi connectivity index (χ2v) is 6.45. The molecule has 1 atom stereocenters. The smallest absolute Gasteiger partial charge is 0.270 e. The maximum Gasteiger partial charge on any atom is 0.270 e. The zero-order valence-electron chi connectivity index (χ0n) is 10.6. The standard InChI is InChI=1S/C11H13N3O5S/c1-7(5-12)6-13-11(15)9-3-2-8(14(16)17)4-10(9)20(13,18)19/h2-4,7H,5-6,12H2,1H3. The Hall–Kier alpha value is -2.00. The number of nitro benzene ring substituents is 1. The predicted octanol–water partition coefficient (Wildman–Crippen LogP) is 0.334. The Balaban J connectivity index is 2.51. The summed E-state index contributed by atoms with van der Waals surface area (Å²) in [5.74, 6) is -0.867. The molecule has 1 aliphatic rings. The fourth-order valence-corrected chi connectivity index (χ4v) is 3.62. The summed E-state index contributed by atoms with van der Waals surface area (Å²) in [4.78, 5) is 21.8.